The van der Waals surface area contributed by atoms with Gasteiger partial charge in [0.15, 0.2) is 0 Å². The van der Waals surface area contributed by atoms with Crippen molar-refractivity contribution in [2.24, 2.45) is 0 Å². The van der Waals surface area contributed by atoms with Crippen LogP contribution in [-0.2, 0) is 13.6 Å². The maximum absolute atomic E-state index is 11.1. The van der Waals surface area contributed by atoms with Crippen molar-refractivity contribution in [2.75, 3.05) is 20.3 Å². The number of rotatable bonds is 6. The second-order valence-electron chi connectivity index (χ2n) is 3.15. The molecule has 84 valence electrons. The van der Waals surface area contributed by atoms with Gasteiger partial charge in [0, 0.05) is 27.2 Å². The lowest BCUT2D eigenvalue weighted by molar-refractivity contribution is -0.128. The molecule has 1 unspecified atom stereocenters. The highest BCUT2D eigenvalue weighted by Crippen LogP contribution is 2.04. The molecule has 0 aliphatic rings. The maximum atomic E-state index is 11.1. The lowest BCUT2D eigenvalue weighted by atomic mass is 10.5. The summed E-state index contributed by atoms with van der Waals surface area (Å²) in [6.07, 6.45) is 0. The summed E-state index contributed by atoms with van der Waals surface area (Å²) in [7, 11) is 0.0460. The molecule has 0 aromatic heterocycles. The summed E-state index contributed by atoms with van der Waals surface area (Å²) >= 11 is 0. The third kappa shape index (κ3) is 4.21. The third-order valence-electron chi connectivity index (χ3n) is 2.16. The van der Waals surface area contributed by atoms with Gasteiger partial charge >= 0.3 is 9.28 Å². The number of nitrogens with zero attached hydrogens (tertiary/aromatic N) is 1. The van der Waals surface area contributed by atoms with Crippen molar-refractivity contribution in [3.8, 4) is 0 Å². The molecule has 0 saturated heterocycles. The minimum Gasteiger partial charge on any atom is -0.396 e. The van der Waals surface area contributed by atoms with Gasteiger partial charge in [-0.15, -0.1) is 0 Å². The van der Waals surface area contributed by atoms with E-state index in [4.69, 9.17) is 8.85 Å². The molecule has 0 rings (SSSR count). The molecule has 0 heterocycles. The van der Waals surface area contributed by atoms with Gasteiger partial charge in [0.2, 0.25) is 5.91 Å². The summed E-state index contributed by atoms with van der Waals surface area (Å²) in [6.45, 7) is 8.71. The zero-order chi connectivity index (χ0) is 11.1. The fourth-order valence-corrected chi connectivity index (χ4v) is 3.01. The molecule has 1 amide bonds. The zero-order valence-corrected chi connectivity index (χ0v) is 10.9. The molecule has 0 saturated carbocycles. The molecule has 4 nitrogen and oxygen atoms in total. The largest absolute Gasteiger partial charge is 0.396 e. The van der Waals surface area contributed by atoms with Gasteiger partial charge in [0.1, 0.15) is 0 Å². The molecule has 0 aromatic carbocycles. The van der Waals surface area contributed by atoms with E-state index < -0.39 is 9.28 Å². The van der Waals surface area contributed by atoms with Crippen LogP contribution in [-0.4, -0.2) is 46.0 Å². The quantitative estimate of drug-likeness (QED) is 0.617. The SMILES string of the molecule is CCO[SiH](OCC)C(C)N(C)C(C)=O. The summed E-state index contributed by atoms with van der Waals surface area (Å²) in [4.78, 5) is 12.8. The Morgan fingerprint density at radius 2 is 1.79 bits per heavy atom. The molecule has 0 bridgehead atoms. The molecular weight excluding hydrogens is 198 g/mol. The monoisotopic (exact) mass is 219 g/mol. The molecule has 5 heteroatoms. The summed E-state index contributed by atoms with van der Waals surface area (Å²) in [5, 5.41) is 0. The first-order chi connectivity index (χ1) is 6.54. The van der Waals surface area contributed by atoms with Gasteiger partial charge in [-0.3, -0.25) is 4.79 Å². The van der Waals surface area contributed by atoms with Crippen molar-refractivity contribution in [3.63, 3.8) is 0 Å². The van der Waals surface area contributed by atoms with E-state index in [1.54, 1.807) is 18.9 Å². The van der Waals surface area contributed by atoms with E-state index >= 15 is 0 Å². The van der Waals surface area contributed by atoms with Crippen LogP contribution in [0.15, 0.2) is 0 Å². The van der Waals surface area contributed by atoms with Gasteiger partial charge in [0.25, 0.3) is 0 Å². The fraction of sp³-hybridized carbons (Fsp3) is 0.889. The van der Waals surface area contributed by atoms with Crippen molar-refractivity contribution >= 4 is 15.2 Å². The highest BCUT2D eigenvalue weighted by Gasteiger charge is 2.26. The Morgan fingerprint density at radius 3 is 2.07 bits per heavy atom. The minimum atomic E-state index is -1.74. The molecular formula is C9H21NO3Si. The molecule has 1 atom stereocenters. The second-order valence-corrected chi connectivity index (χ2v) is 5.52. The minimum absolute atomic E-state index is 0.0504. The zero-order valence-electron chi connectivity index (χ0n) is 9.74. The lowest BCUT2D eigenvalue weighted by Crippen LogP contribution is -2.47. The van der Waals surface area contributed by atoms with Crippen molar-refractivity contribution in [1.29, 1.82) is 0 Å². The van der Waals surface area contributed by atoms with Crippen molar-refractivity contribution in [3.05, 3.63) is 0 Å². The number of carbonyl (C=O) groups is 1. The van der Waals surface area contributed by atoms with Crippen LogP contribution in [0.1, 0.15) is 27.7 Å². The van der Waals surface area contributed by atoms with Crippen LogP contribution in [0.2, 0.25) is 0 Å². The van der Waals surface area contributed by atoms with Gasteiger partial charge in [0.05, 0.1) is 5.67 Å². The first-order valence-corrected chi connectivity index (χ1v) is 6.62. The molecule has 0 N–H and O–H groups in total. The Hall–Kier alpha value is -0.393. The van der Waals surface area contributed by atoms with Crippen LogP contribution in [0, 0.1) is 0 Å². The topological polar surface area (TPSA) is 38.8 Å². The van der Waals surface area contributed by atoms with E-state index in [9.17, 15) is 4.79 Å². The smallest absolute Gasteiger partial charge is 0.344 e. The van der Waals surface area contributed by atoms with Crippen LogP contribution >= 0.6 is 0 Å². The third-order valence-corrected chi connectivity index (χ3v) is 4.72. The average molecular weight is 219 g/mol. The molecule has 14 heavy (non-hydrogen) atoms. The van der Waals surface area contributed by atoms with Gasteiger partial charge < -0.3 is 13.8 Å². The van der Waals surface area contributed by atoms with Crippen LogP contribution in [0.3, 0.4) is 0 Å². The number of hydrogen-bond acceptors (Lipinski definition) is 3. The Kier molecular flexibility index (Phi) is 6.78. The Balaban J connectivity index is 4.25. The highest BCUT2D eigenvalue weighted by atomic mass is 28.3. The van der Waals surface area contributed by atoms with Crippen LogP contribution in [0.25, 0.3) is 0 Å². The van der Waals surface area contributed by atoms with Crippen molar-refractivity contribution in [1.82, 2.24) is 4.90 Å². The molecule has 0 aliphatic heterocycles. The normalized spacial score (nSPS) is 13.0. The number of amides is 1. The molecule has 0 aliphatic carbocycles. The predicted octanol–water partition coefficient (Wildman–Crippen LogP) is 0.686. The summed E-state index contributed by atoms with van der Waals surface area (Å²) < 4.78 is 11.1. The van der Waals surface area contributed by atoms with Crippen molar-refractivity contribution < 1.29 is 13.6 Å². The molecule has 0 fully saturated rings. The fourth-order valence-electron chi connectivity index (χ4n) is 1.12. The Morgan fingerprint density at radius 1 is 1.36 bits per heavy atom. The van der Waals surface area contributed by atoms with Crippen LogP contribution < -0.4 is 0 Å². The first kappa shape index (κ1) is 13.6. The van der Waals surface area contributed by atoms with Crippen molar-refractivity contribution in [2.45, 2.75) is 33.4 Å². The highest BCUT2D eigenvalue weighted by molar-refractivity contribution is 6.46. The van der Waals surface area contributed by atoms with E-state index in [-0.39, 0.29) is 11.6 Å². The van der Waals surface area contributed by atoms with Gasteiger partial charge in [-0.1, -0.05) is 0 Å². The van der Waals surface area contributed by atoms with E-state index in [1.165, 1.54) is 0 Å². The number of carbonyl (C=O) groups excluding carboxylic acids is 1. The first-order valence-electron chi connectivity index (χ1n) is 5.01. The Labute approximate surface area is 88.0 Å². The Bertz CT molecular complexity index is 171. The van der Waals surface area contributed by atoms with E-state index in [1.807, 2.05) is 20.8 Å². The molecule has 0 radical (unpaired) electrons. The summed E-state index contributed by atoms with van der Waals surface area (Å²) in [5.41, 5.74) is 0.0763. The summed E-state index contributed by atoms with van der Waals surface area (Å²) in [5.74, 6) is 0.0504. The second kappa shape index (κ2) is 6.97. The lowest BCUT2D eigenvalue weighted by Gasteiger charge is -2.28. The number of hydrogen-bond donors (Lipinski definition) is 0. The van der Waals surface area contributed by atoms with Crippen LogP contribution in [0.5, 0.6) is 0 Å². The van der Waals surface area contributed by atoms with E-state index in [2.05, 4.69) is 0 Å². The predicted molar refractivity (Wildman–Crippen MR) is 58.3 cm³/mol. The maximum Gasteiger partial charge on any atom is 0.344 e. The van der Waals surface area contributed by atoms with Gasteiger partial charge in [-0.05, 0) is 20.8 Å². The van der Waals surface area contributed by atoms with Gasteiger partial charge in [-0.25, -0.2) is 0 Å². The van der Waals surface area contributed by atoms with Gasteiger partial charge in [-0.2, -0.15) is 0 Å². The van der Waals surface area contributed by atoms with Crippen LogP contribution in [0.4, 0.5) is 0 Å². The molecule has 0 aromatic rings. The average Bonchev–Trinajstić information content (AvgIpc) is 2.15. The van der Waals surface area contributed by atoms with E-state index in [0.29, 0.717) is 13.2 Å². The van der Waals surface area contributed by atoms with E-state index in [0.717, 1.165) is 0 Å². The molecule has 0 spiro atoms. The summed E-state index contributed by atoms with van der Waals surface area (Å²) in [6, 6.07) is 0. The standard InChI is InChI=1S/C9H21NO3Si/c1-6-12-14(13-7-2)9(4)10(5)8(3)11/h9,14H,6-7H2,1-5H3.